The summed E-state index contributed by atoms with van der Waals surface area (Å²) in [5.41, 5.74) is 4.70. The van der Waals surface area contributed by atoms with Gasteiger partial charge >= 0.3 is 0 Å². The topological polar surface area (TPSA) is 95.3 Å². The lowest BCUT2D eigenvalue weighted by Crippen LogP contribution is -2.40. The first-order valence-electron chi connectivity index (χ1n) is 7.42. The van der Waals surface area contributed by atoms with Crippen molar-refractivity contribution in [2.75, 3.05) is 12.5 Å². The number of methoxy groups -OCH3 is 1. The van der Waals surface area contributed by atoms with Crippen molar-refractivity contribution in [1.82, 2.24) is 5.32 Å². The number of nitrogens with one attached hydrogen (secondary N) is 2. The maximum absolute atomic E-state index is 12.0. The number of hydrogen-bond acceptors (Lipinski definition) is 6. The lowest BCUT2D eigenvalue weighted by Gasteiger charge is -2.16. The molecule has 0 aromatic heterocycles. The Balaban J connectivity index is 1.86. The molecule has 1 aromatic carbocycles. The number of amides is 1. The van der Waals surface area contributed by atoms with Gasteiger partial charge in [0.1, 0.15) is 11.5 Å². The minimum atomic E-state index is -0.435. The van der Waals surface area contributed by atoms with Crippen molar-refractivity contribution in [2.45, 2.75) is 19.4 Å². The van der Waals surface area contributed by atoms with Gasteiger partial charge in [0, 0.05) is 5.71 Å². The van der Waals surface area contributed by atoms with Crippen LogP contribution < -0.4 is 15.5 Å². The molecule has 0 heterocycles. The number of oxime groups is 1. The van der Waals surface area contributed by atoms with Crippen LogP contribution in [0.2, 0.25) is 0 Å². The molecule has 1 aliphatic rings. The number of benzene rings is 1. The van der Waals surface area contributed by atoms with E-state index in [0.717, 1.165) is 11.4 Å². The summed E-state index contributed by atoms with van der Waals surface area (Å²) >= 11 is 0. The second-order valence-electron chi connectivity index (χ2n) is 5.18. The molecule has 0 aliphatic heterocycles. The van der Waals surface area contributed by atoms with E-state index in [2.05, 4.69) is 21.0 Å². The van der Waals surface area contributed by atoms with E-state index in [1.54, 1.807) is 38.3 Å². The second-order valence-corrected chi connectivity index (χ2v) is 5.18. The Bertz CT molecular complexity index is 690. The smallest absolute Gasteiger partial charge is 0.226 e. The highest BCUT2D eigenvalue weighted by molar-refractivity contribution is 6.06. The minimum absolute atomic E-state index is 0.135. The van der Waals surface area contributed by atoms with E-state index in [0.29, 0.717) is 11.4 Å². The molecule has 1 aromatic rings. The molecule has 1 aliphatic carbocycles. The molecule has 3 N–H and O–H groups in total. The van der Waals surface area contributed by atoms with E-state index in [1.807, 2.05) is 24.3 Å². The van der Waals surface area contributed by atoms with E-state index in [1.165, 1.54) is 0 Å². The zero-order valence-electron chi connectivity index (χ0n) is 13.6. The Morgan fingerprint density at radius 2 is 2.04 bits per heavy atom. The van der Waals surface area contributed by atoms with Crippen molar-refractivity contribution >= 4 is 23.0 Å². The van der Waals surface area contributed by atoms with Crippen LogP contribution in [0.3, 0.4) is 0 Å². The Kier molecular flexibility index (Phi) is 6.13. The third-order valence-corrected chi connectivity index (χ3v) is 3.31. The predicted molar refractivity (Wildman–Crippen MR) is 93.8 cm³/mol. The Hall–Kier alpha value is -3.09. The summed E-state index contributed by atoms with van der Waals surface area (Å²) < 4.78 is 5.08. The van der Waals surface area contributed by atoms with Gasteiger partial charge in [-0.05, 0) is 37.3 Å². The minimum Gasteiger partial charge on any atom is -0.497 e. The van der Waals surface area contributed by atoms with Gasteiger partial charge < -0.3 is 15.3 Å². The van der Waals surface area contributed by atoms with Crippen LogP contribution in [-0.2, 0) is 4.79 Å². The van der Waals surface area contributed by atoms with E-state index in [-0.39, 0.29) is 12.3 Å². The van der Waals surface area contributed by atoms with E-state index < -0.39 is 6.04 Å². The fraction of sp³-hybridized carbons (Fsp3) is 0.235. The van der Waals surface area contributed by atoms with Crippen LogP contribution >= 0.6 is 0 Å². The van der Waals surface area contributed by atoms with Gasteiger partial charge in [0.25, 0.3) is 0 Å². The SMILES string of the molecule is COc1ccc(NN=C(C)CC(=O)NC2C=CC=CC2=NO)cc1. The van der Waals surface area contributed by atoms with Crippen molar-refractivity contribution in [3.05, 3.63) is 48.6 Å². The first-order chi connectivity index (χ1) is 11.6. The van der Waals surface area contributed by atoms with Crippen molar-refractivity contribution in [3.63, 3.8) is 0 Å². The van der Waals surface area contributed by atoms with Gasteiger partial charge in [0.2, 0.25) is 5.91 Å². The number of anilines is 1. The predicted octanol–water partition coefficient (Wildman–Crippen LogP) is 2.31. The normalized spacial score (nSPS) is 18.5. The summed E-state index contributed by atoms with van der Waals surface area (Å²) in [6, 6.07) is 6.87. The van der Waals surface area contributed by atoms with E-state index in [9.17, 15) is 4.79 Å². The van der Waals surface area contributed by atoms with Gasteiger partial charge in [-0.1, -0.05) is 23.4 Å². The molecule has 0 saturated carbocycles. The van der Waals surface area contributed by atoms with Crippen molar-refractivity contribution < 1.29 is 14.7 Å². The average Bonchev–Trinajstić information content (AvgIpc) is 2.60. The van der Waals surface area contributed by atoms with Gasteiger partial charge in [-0.3, -0.25) is 10.2 Å². The van der Waals surface area contributed by atoms with E-state index >= 15 is 0 Å². The van der Waals surface area contributed by atoms with Crippen LogP contribution in [0.5, 0.6) is 5.75 Å². The maximum atomic E-state index is 12.0. The van der Waals surface area contributed by atoms with Crippen LogP contribution in [0.4, 0.5) is 5.69 Å². The molecular formula is C17H20N4O3. The van der Waals surface area contributed by atoms with Crippen LogP contribution in [0, 0.1) is 0 Å². The third kappa shape index (κ3) is 4.98. The quantitative estimate of drug-likeness (QED) is 0.424. The molecular weight excluding hydrogens is 308 g/mol. The summed E-state index contributed by atoms with van der Waals surface area (Å²) in [7, 11) is 1.60. The molecule has 0 fully saturated rings. The molecule has 0 radical (unpaired) electrons. The monoisotopic (exact) mass is 328 g/mol. The molecule has 1 atom stereocenters. The number of ether oxygens (including phenoxy) is 1. The van der Waals surface area contributed by atoms with Gasteiger partial charge in [0.15, 0.2) is 0 Å². The average molecular weight is 328 g/mol. The second kappa shape index (κ2) is 8.52. The van der Waals surface area contributed by atoms with E-state index in [4.69, 9.17) is 9.94 Å². The van der Waals surface area contributed by atoms with Gasteiger partial charge in [0.05, 0.1) is 25.3 Å². The molecule has 2 rings (SSSR count). The summed E-state index contributed by atoms with van der Waals surface area (Å²) in [5.74, 6) is 0.551. The number of hydrazone groups is 1. The van der Waals surface area contributed by atoms with Crippen LogP contribution in [0.15, 0.2) is 58.8 Å². The molecule has 7 heteroatoms. The number of rotatable bonds is 6. The highest BCUT2D eigenvalue weighted by atomic mass is 16.5. The fourth-order valence-corrected chi connectivity index (χ4v) is 2.07. The summed E-state index contributed by atoms with van der Waals surface area (Å²) in [6.07, 6.45) is 7.04. The molecule has 0 spiro atoms. The number of nitrogens with zero attached hydrogens (tertiary/aromatic N) is 2. The standard InChI is InChI=1S/C17H20N4O3/c1-12(19-20-13-7-9-14(24-2)10-8-13)11-17(22)18-15-5-3-4-6-16(15)21-23/h3-10,15,20,23H,11H2,1-2H3,(H,18,22). The van der Waals surface area contributed by atoms with Crippen LogP contribution in [0.25, 0.3) is 0 Å². The number of allylic oxidation sites excluding steroid dienone is 2. The summed E-state index contributed by atoms with van der Waals surface area (Å²) in [6.45, 7) is 1.76. The lowest BCUT2D eigenvalue weighted by atomic mass is 10.1. The largest absolute Gasteiger partial charge is 0.497 e. The Labute approximate surface area is 140 Å². The van der Waals surface area contributed by atoms with Crippen molar-refractivity contribution in [3.8, 4) is 5.75 Å². The lowest BCUT2D eigenvalue weighted by molar-refractivity contribution is -0.120. The summed E-state index contributed by atoms with van der Waals surface area (Å²) in [5, 5.41) is 19.0. The van der Waals surface area contributed by atoms with Gasteiger partial charge in [-0.2, -0.15) is 5.10 Å². The Morgan fingerprint density at radius 3 is 2.71 bits per heavy atom. The van der Waals surface area contributed by atoms with Crippen molar-refractivity contribution in [1.29, 1.82) is 0 Å². The summed E-state index contributed by atoms with van der Waals surface area (Å²) in [4.78, 5) is 12.0. The highest BCUT2D eigenvalue weighted by Crippen LogP contribution is 2.14. The van der Waals surface area contributed by atoms with Crippen LogP contribution in [-0.4, -0.2) is 35.7 Å². The molecule has 1 unspecified atom stereocenters. The number of carbonyl (C=O) groups excluding carboxylic acids is 1. The fourth-order valence-electron chi connectivity index (χ4n) is 2.07. The highest BCUT2D eigenvalue weighted by Gasteiger charge is 2.16. The molecule has 7 nitrogen and oxygen atoms in total. The first-order valence-corrected chi connectivity index (χ1v) is 7.42. The maximum Gasteiger partial charge on any atom is 0.226 e. The molecule has 126 valence electrons. The van der Waals surface area contributed by atoms with Crippen LogP contribution in [0.1, 0.15) is 13.3 Å². The third-order valence-electron chi connectivity index (χ3n) is 3.31. The molecule has 0 saturated heterocycles. The van der Waals surface area contributed by atoms with Gasteiger partial charge in [-0.15, -0.1) is 0 Å². The first kappa shape index (κ1) is 17.3. The number of carbonyl (C=O) groups is 1. The Morgan fingerprint density at radius 1 is 1.29 bits per heavy atom. The molecule has 24 heavy (non-hydrogen) atoms. The zero-order valence-corrected chi connectivity index (χ0v) is 13.6. The molecule has 1 amide bonds. The number of hydrogen-bond donors (Lipinski definition) is 3. The van der Waals surface area contributed by atoms with Gasteiger partial charge in [-0.25, -0.2) is 0 Å². The van der Waals surface area contributed by atoms with Crippen molar-refractivity contribution in [2.24, 2.45) is 10.3 Å². The zero-order chi connectivity index (χ0) is 17.4. The molecule has 0 bridgehead atoms.